The Morgan fingerprint density at radius 3 is 2.24 bits per heavy atom. The van der Waals surface area contributed by atoms with E-state index >= 15 is 0 Å². The number of phosphoric acid groups is 1. The van der Waals surface area contributed by atoms with E-state index < -0.39 is 13.8 Å². The van der Waals surface area contributed by atoms with E-state index in [0.717, 1.165) is 0 Å². The summed E-state index contributed by atoms with van der Waals surface area (Å²) in [7, 11) is -4.62. The third kappa shape index (κ3) is 4.24. The van der Waals surface area contributed by atoms with Gasteiger partial charge < -0.3 is 9.05 Å². The molecule has 2 aromatic rings. The zero-order valence-corrected chi connectivity index (χ0v) is 11.5. The van der Waals surface area contributed by atoms with Gasteiger partial charge >= 0.3 is 13.8 Å². The van der Waals surface area contributed by atoms with Crippen LogP contribution in [0, 0.1) is 4.91 Å². The average molecular weight is 307 g/mol. The quantitative estimate of drug-likeness (QED) is 0.670. The first-order valence-electron chi connectivity index (χ1n) is 5.75. The van der Waals surface area contributed by atoms with E-state index in [1.165, 1.54) is 36.4 Å². The molecule has 1 unspecified atom stereocenters. The van der Waals surface area contributed by atoms with Crippen LogP contribution >= 0.6 is 7.82 Å². The van der Waals surface area contributed by atoms with Crippen LogP contribution in [0.4, 0.5) is 5.69 Å². The van der Waals surface area contributed by atoms with Crippen molar-refractivity contribution in [1.29, 1.82) is 0 Å². The Morgan fingerprint density at radius 2 is 1.67 bits per heavy atom. The Kier molecular flexibility index (Phi) is 4.47. The largest absolute Gasteiger partial charge is 0.587 e. The predicted octanol–water partition coefficient (Wildman–Crippen LogP) is 3.42. The number of carbonyl (C=O) groups is 1. The lowest BCUT2D eigenvalue weighted by molar-refractivity contribution is 0.0683. The van der Waals surface area contributed by atoms with Crippen LogP contribution < -0.4 is 4.52 Å². The molecule has 0 saturated heterocycles. The predicted molar refractivity (Wildman–Crippen MR) is 74.2 cm³/mol. The maximum absolute atomic E-state index is 11.7. The van der Waals surface area contributed by atoms with Crippen molar-refractivity contribution in [2.75, 3.05) is 0 Å². The molecule has 0 aliphatic carbocycles. The molecule has 0 aliphatic rings. The highest BCUT2D eigenvalue weighted by molar-refractivity contribution is 7.48. The summed E-state index contributed by atoms with van der Waals surface area (Å²) >= 11 is 0. The number of benzene rings is 2. The van der Waals surface area contributed by atoms with Gasteiger partial charge in [0.25, 0.3) is 0 Å². The molecule has 0 spiro atoms. The molecule has 1 atom stereocenters. The highest BCUT2D eigenvalue weighted by Gasteiger charge is 2.28. The van der Waals surface area contributed by atoms with Gasteiger partial charge in [0.2, 0.25) is 0 Å². The topological polar surface area (TPSA) is 102 Å². The molecule has 0 radical (unpaired) electrons. The minimum atomic E-state index is -4.62. The number of hydrogen-bond donors (Lipinski definition) is 1. The molecule has 0 aromatic heterocycles. The van der Waals surface area contributed by atoms with Gasteiger partial charge in [-0.15, -0.1) is 4.91 Å². The number of nitrogens with zero attached hydrogens (tertiary/aromatic N) is 1. The minimum absolute atomic E-state index is 0.0332. The Morgan fingerprint density at radius 1 is 1.05 bits per heavy atom. The summed E-state index contributed by atoms with van der Waals surface area (Å²) in [6.45, 7) is 0. The molecule has 0 amide bonds. The highest BCUT2D eigenvalue weighted by Crippen LogP contribution is 2.44. The Hall–Kier alpha value is -2.50. The van der Waals surface area contributed by atoms with Crippen molar-refractivity contribution in [2.24, 2.45) is 5.18 Å². The van der Waals surface area contributed by atoms with Crippen LogP contribution in [0.1, 0.15) is 10.4 Å². The zero-order chi connectivity index (χ0) is 15.3. The van der Waals surface area contributed by atoms with Crippen LogP contribution in [-0.2, 0) is 9.09 Å². The standard InChI is InChI=1S/C13H10NO6P/c15-13(10-4-2-1-3-5-10)20-21(17,18)19-12-8-6-11(14-16)7-9-12/h1-9H,(H,17,18). The summed E-state index contributed by atoms with van der Waals surface area (Å²) in [6, 6.07) is 12.8. The van der Waals surface area contributed by atoms with Crippen LogP contribution in [0.5, 0.6) is 5.75 Å². The monoisotopic (exact) mass is 307 g/mol. The Balaban J connectivity index is 2.06. The lowest BCUT2D eigenvalue weighted by atomic mass is 10.2. The number of carbonyl (C=O) groups excluding carboxylic acids is 1. The van der Waals surface area contributed by atoms with Crippen molar-refractivity contribution < 1.29 is 23.3 Å². The highest BCUT2D eigenvalue weighted by atomic mass is 31.2. The van der Waals surface area contributed by atoms with E-state index in [4.69, 9.17) is 4.52 Å². The molecule has 0 aliphatic heterocycles. The molecule has 2 aromatic carbocycles. The van der Waals surface area contributed by atoms with E-state index in [1.807, 2.05) is 0 Å². The van der Waals surface area contributed by atoms with Crippen LogP contribution in [-0.4, -0.2) is 10.9 Å². The molecule has 0 fully saturated rings. The van der Waals surface area contributed by atoms with E-state index in [0.29, 0.717) is 0 Å². The lowest BCUT2D eigenvalue weighted by Crippen LogP contribution is -2.06. The lowest BCUT2D eigenvalue weighted by Gasteiger charge is -2.12. The van der Waals surface area contributed by atoms with Crippen LogP contribution in [0.25, 0.3) is 0 Å². The van der Waals surface area contributed by atoms with Gasteiger partial charge in [-0.1, -0.05) is 18.2 Å². The van der Waals surface area contributed by atoms with Crippen molar-refractivity contribution in [3.8, 4) is 5.75 Å². The maximum Gasteiger partial charge on any atom is 0.587 e. The van der Waals surface area contributed by atoms with Crippen LogP contribution in [0.3, 0.4) is 0 Å². The zero-order valence-electron chi connectivity index (χ0n) is 10.6. The second kappa shape index (κ2) is 6.30. The molecule has 0 heterocycles. The average Bonchev–Trinajstić information content (AvgIpc) is 2.48. The van der Waals surface area contributed by atoms with E-state index in [-0.39, 0.29) is 17.0 Å². The van der Waals surface area contributed by atoms with Crippen molar-refractivity contribution in [1.82, 2.24) is 0 Å². The Bertz CT molecular complexity index is 686. The van der Waals surface area contributed by atoms with E-state index in [1.54, 1.807) is 18.2 Å². The van der Waals surface area contributed by atoms with Gasteiger partial charge in [0.15, 0.2) is 0 Å². The molecule has 0 bridgehead atoms. The minimum Gasteiger partial charge on any atom is -0.395 e. The number of nitroso groups, excluding NO2 is 1. The smallest absolute Gasteiger partial charge is 0.395 e. The molecule has 0 saturated carbocycles. The van der Waals surface area contributed by atoms with Gasteiger partial charge in [0.05, 0.1) is 5.56 Å². The second-order valence-electron chi connectivity index (χ2n) is 3.89. The van der Waals surface area contributed by atoms with Crippen LogP contribution in [0.2, 0.25) is 0 Å². The number of hydrogen-bond acceptors (Lipinski definition) is 6. The van der Waals surface area contributed by atoms with Crippen molar-refractivity contribution in [3.63, 3.8) is 0 Å². The molecule has 2 rings (SSSR count). The molecular formula is C13H10NO6P. The molecule has 21 heavy (non-hydrogen) atoms. The fourth-order valence-corrected chi connectivity index (χ4v) is 2.19. The summed E-state index contributed by atoms with van der Waals surface area (Å²) in [6.07, 6.45) is 0. The molecule has 8 heteroatoms. The summed E-state index contributed by atoms with van der Waals surface area (Å²) in [5.74, 6) is -1.01. The maximum atomic E-state index is 11.7. The first-order chi connectivity index (χ1) is 10.00. The summed E-state index contributed by atoms with van der Waals surface area (Å²) < 4.78 is 20.9. The SMILES string of the molecule is O=Nc1ccc(OP(=O)(O)OC(=O)c2ccccc2)cc1. The van der Waals surface area contributed by atoms with Gasteiger partial charge in [-0.2, -0.15) is 0 Å². The third-order valence-electron chi connectivity index (χ3n) is 2.37. The van der Waals surface area contributed by atoms with Gasteiger partial charge in [0.1, 0.15) is 11.4 Å². The van der Waals surface area contributed by atoms with Gasteiger partial charge in [0, 0.05) is 0 Å². The van der Waals surface area contributed by atoms with Gasteiger partial charge in [-0.05, 0) is 41.6 Å². The summed E-state index contributed by atoms with van der Waals surface area (Å²) in [5, 5.41) is 2.67. The third-order valence-corrected chi connectivity index (χ3v) is 3.21. The number of phosphoric ester groups is 1. The second-order valence-corrected chi connectivity index (χ2v) is 5.19. The first kappa shape index (κ1) is 14.9. The normalized spacial score (nSPS) is 13.0. The van der Waals surface area contributed by atoms with E-state index in [2.05, 4.69) is 9.70 Å². The van der Waals surface area contributed by atoms with Crippen molar-refractivity contribution in [2.45, 2.75) is 0 Å². The van der Waals surface area contributed by atoms with Gasteiger partial charge in [-0.25, -0.2) is 9.36 Å². The molecule has 1 N–H and O–H groups in total. The van der Waals surface area contributed by atoms with Crippen molar-refractivity contribution in [3.05, 3.63) is 65.1 Å². The van der Waals surface area contributed by atoms with Gasteiger partial charge in [-0.3, -0.25) is 4.89 Å². The Labute approximate surface area is 119 Å². The van der Waals surface area contributed by atoms with Crippen LogP contribution in [0.15, 0.2) is 59.8 Å². The first-order valence-corrected chi connectivity index (χ1v) is 7.24. The fraction of sp³-hybridized carbons (Fsp3) is 0. The molecule has 7 nitrogen and oxygen atoms in total. The summed E-state index contributed by atoms with van der Waals surface area (Å²) in [5.41, 5.74) is 0.257. The molecule has 108 valence electrons. The fourth-order valence-electron chi connectivity index (χ4n) is 1.45. The molecular weight excluding hydrogens is 297 g/mol. The number of rotatable bonds is 5. The summed E-state index contributed by atoms with van der Waals surface area (Å²) in [4.78, 5) is 31.4. The van der Waals surface area contributed by atoms with Crippen molar-refractivity contribution >= 4 is 19.5 Å². The van der Waals surface area contributed by atoms with E-state index in [9.17, 15) is 19.2 Å².